The number of anilines is 2. The lowest BCUT2D eigenvalue weighted by atomic mass is 10.1. The van der Waals surface area contributed by atoms with Gasteiger partial charge in [-0.1, -0.05) is 23.9 Å². The second-order valence-electron chi connectivity index (χ2n) is 6.02. The number of nitrogens with one attached hydrogen (secondary N) is 2. The van der Waals surface area contributed by atoms with Crippen LogP contribution in [-0.2, 0) is 0 Å². The normalized spacial score (nSPS) is 13.5. The average Bonchev–Trinajstić information content (AvgIpc) is 3.37. The largest absolute Gasteiger partial charge is 0.336 e. The average molecular weight is 395 g/mol. The Morgan fingerprint density at radius 1 is 1.18 bits per heavy atom. The highest BCUT2D eigenvalue weighted by Crippen LogP contribution is 2.21. The van der Waals surface area contributed by atoms with Crippen LogP contribution in [0.2, 0.25) is 0 Å². The molecule has 1 aliphatic rings. The van der Waals surface area contributed by atoms with Crippen LogP contribution in [0.1, 0.15) is 10.4 Å². The molecular formula is C18H17N7O2S. The zero-order valence-electron chi connectivity index (χ0n) is 15.0. The zero-order chi connectivity index (χ0) is 19.5. The minimum Gasteiger partial charge on any atom is -0.336 e. The SMILES string of the molecule is CSc1nnnn1-c1cccc(NC(=O)c2cccc(N3CCNC3=O)c2)c1. The van der Waals surface area contributed by atoms with Gasteiger partial charge in [-0.25, -0.2) is 4.79 Å². The van der Waals surface area contributed by atoms with Crippen molar-refractivity contribution < 1.29 is 9.59 Å². The highest BCUT2D eigenvalue weighted by Gasteiger charge is 2.21. The van der Waals surface area contributed by atoms with E-state index in [1.54, 1.807) is 39.9 Å². The molecule has 1 aliphatic heterocycles. The first-order valence-electron chi connectivity index (χ1n) is 8.55. The summed E-state index contributed by atoms with van der Waals surface area (Å²) in [6, 6.07) is 14.1. The lowest BCUT2D eigenvalue weighted by Crippen LogP contribution is -2.27. The zero-order valence-corrected chi connectivity index (χ0v) is 15.8. The van der Waals surface area contributed by atoms with E-state index in [0.29, 0.717) is 35.2 Å². The second-order valence-corrected chi connectivity index (χ2v) is 6.79. The third-order valence-electron chi connectivity index (χ3n) is 4.25. The monoisotopic (exact) mass is 395 g/mol. The van der Waals surface area contributed by atoms with E-state index in [1.165, 1.54) is 11.8 Å². The lowest BCUT2D eigenvalue weighted by molar-refractivity contribution is 0.102. The molecule has 0 unspecified atom stereocenters. The standard InChI is InChI=1S/C18H17N7O2S/c1-28-18-21-22-23-25(18)15-7-3-5-13(11-15)20-16(26)12-4-2-6-14(10-12)24-9-8-19-17(24)27/h2-7,10-11H,8-9H2,1H3,(H,19,27)(H,20,26). The predicted octanol–water partition coefficient (Wildman–Crippen LogP) is 2.17. The van der Waals surface area contributed by atoms with Crippen molar-refractivity contribution in [3.63, 3.8) is 0 Å². The van der Waals surface area contributed by atoms with E-state index in [4.69, 9.17) is 0 Å². The maximum absolute atomic E-state index is 12.7. The number of hydrogen-bond donors (Lipinski definition) is 2. The first-order valence-corrected chi connectivity index (χ1v) is 9.78. The Morgan fingerprint density at radius 3 is 2.79 bits per heavy atom. The van der Waals surface area contributed by atoms with Crippen molar-refractivity contribution in [3.8, 4) is 5.69 Å². The molecule has 1 fully saturated rings. The van der Waals surface area contributed by atoms with Gasteiger partial charge in [-0.2, -0.15) is 4.68 Å². The number of amides is 3. The third kappa shape index (κ3) is 3.54. The Bertz CT molecular complexity index is 1040. The Balaban J connectivity index is 1.54. The number of hydrogen-bond acceptors (Lipinski definition) is 6. The van der Waals surface area contributed by atoms with Crippen molar-refractivity contribution in [1.29, 1.82) is 0 Å². The molecule has 142 valence electrons. The van der Waals surface area contributed by atoms with E-state index < -0.39 is 0 Å². The van der Waals surface area contributed by atoms with Crippen LogP contribution in [-0.4, -0.2) is 51.5 Å². The molecule has 1 saturated heterocycles. The topological polar surface area (TPSA) is 105 Å². The van der Waals surface area contributed by atoms with Crippen LogP contribution in [0.3, 0.4) is 0 Å². The van der Waals surface area contributed by atoms with Gasteiger partial charge < -0.3 is 10.6 Å². The number of carbonyl (C=O) groups is 2. The van der Waals surface area contributed by atoms with Crippen molar-refractivity contribution in [3.05, 3.63) is 54.1 Å². The van der Waals surface area contributed by atoms with Crippen molar-refractivity contribution >= 4 is 35.1 Å². The summed E-state index contributed by atoms with van der Waals surface area (Å²) < 4.78 is 1.60. The first-order chi connectivity index (χ1) is 13.7. The Kier molecular flexibility index (Phi) is 4.94. The van der Waals surface area contributed by atoms with Crippen LogP contribution >= 0.6 is 11.8 Å². The van der Waals surface area contributed by atoms with Gasteiger partial charge in [0.15, 0.2) is 0 Å². The van der Waals surface area contributed by atoms with Crippen LogP contribution in [0, 0.1) is 0 Å². The van der Waals surface area contributed by atoms with Gasteiger partial charge in [0.1, 0.15) is 0 Å². The molecule has 10 heteroatoms. The number of carbonyl (C=O) groups excluding carboxylic acids is 2. The summed E-state index contributed by atoms with van der Waals surface area (Å²) in [6.45, 7) is 1.17. The fraction of sp³-hybridized carbons (Fsp3) is 0.167. The van der Waals surface area contributed by atoms with E-state index in [-0.39, 0.29) is 11.9 Å². The molecule has 2 N–H and O–H groups in total. The number of urea groups is 1. The van der Waals surface area contributed by atoms with E-state index in [2.05, 4.69) is 26.2 Å². The summed E-state index contributed by atoms with van der Waals surface area (Å²) in [4.78, 5) is 26.2. The van der Waals surface area contributed by atoms with Crippen LogP contribution in [0.5, 0.6) is 0 Å². The van der Waals surface area contributed by atoms with Gasteiger partial charge in [-0.3, -0.25) is 9.69 Å². The lowest BCUT2D eigenvalue weighted by Gasteiger charge is -2.15. The number of tetrazole rings is 1. The maximum Gasteiger partial charge on any atom is 0.321 e. The van der Waals surface area contributed by atoms with Crippen molar-refractivity contribution in [2.75, 3.05) is 29.6 Å². The van der Waals surface area contributed by atoms with Crippen LogP contribution < -0.4 is 15.5 Å². The molecule has 0 atom stereocenters. The molecule has 3 amide bonds. The summed E-state index contributed by atoms with van der Waals surface area (Å²) in [7, 11) is 0. The quantitative estimate of drug-likeness (QED) is 0.642. The van der Waals surface area contributed by atoms with E-state index in [0.717, 1.165) is 5.69 Å². The molecular weight excluding hydrogens is 378 g/mol. The minimum atomic E-state index is -0.264. The molecule has 0 spiro atoms. The molecule has 0 bridgehead atoms. The smallest absolute Gasteiger partial charge is 0.321 e. The number of aromatic nitrogens is 4. The summed E-state index contributed by atoms with van der Waals surface area (Å²) in [5.74, 6) is -0.264. The van der Waals surface area contributed by atoms with Crippen molar-refractivity contribution in [2.45, 2.75) is 5.16 Å². The molecule has 2 aromatic carbocycles. The molecule has 0 aliphatic carbocycles. The van der Waals surface area contributed by atoms with Gasteiger partial charge in [0.2, 0.25) is 5.16 Å². The van der Waals surface area contributed by atoms with Gasteiger partial charge in [0, 0.05) is 30.0 Å². The van der Waals surface area contributed by atoms with Crippen LogP contribution in [0.15, 0.2) is 53.7 Å². The van der Waals surface area contributed by atoms with Crippen LogP contribution in [0.4, 0.5) is 16.2 Å². The second kappa shape index (κ2) is 7.69. The number of nitrogens with zero attached hydrogens (tertiary/aromatic N) is 5. The third-order valence-corrected chi connectivity index (χ3v) is 4.87. The van der Waals surface area contributed by atoms with Gasteiger partial charge in [0.25, 0.3) is 5.91 Å². The van der Waals surface area contributed by atoms with Gasteiger partial charge in [0.05, 0.1) is 5.69 Å². The maximum atomic E-state index is 12.7. The molecule has 4 rings (SSSR count). The van der Waals surface area contributed by atoms with E-state index in [9.17, 15) is 9.59 Å². The molecule has 0 saturated carbocycles. The number of rotatable bonds is 5. The molecule has 0 radical (unpaired) electrons. The predicted molar refractivity (Wildman–Crippen MR) is 106 cm³/mol. The molecule has 3 aromatic rings. The fourth-order valence-electron chi connectivity index (χ4n) is 2.92. The number of benzene rings is 2. The van der Waals surface area contributed by atoms with Crippen molar-refractivity contribution in [2.24, 2.45) is 0 Å². The van der Waals surface area contributed by atoms with Crippen molar-refractivity contribution in [1.82, 2.24) is 25.5 Å². The van der Waals surface area contributed by atoms with Gasteiger partial charge in [-0.15, -0.1) is 5.10 Å². The molecule has 2 heterocycles. The Labute approximate surface area is 165 Å². The molecule has 28 heavy (non-hydrogen) atoms. The van der Waals surface area contributed by atoms with E-state index in [1.807, 2.05) is 24.5 Å². The van der Waals surface area contributed by atoms with Gasteiger partial charge >= 0.3 is 6.03 Å². The number of thioether (sulfide) groups is 1. The van der Waals surface area contributed by atoms with Gasteiger partial charge in [-0.05, 0) is 53.1 Å². The summed E-state index contributed by atoms with van der Waals surface area (Å²) in [5.41, 5.74) is 2.52. The molecule has 9 nitrogen and oxygen atoms in total. The fourth-order valence-corrected chi connectivity index (χ4v) is 3.35. The highest BCUT2D eigenvalue weighted by molar-refractivity contribution is 7.98. The Hall–Kier alpha value is -3.40. The summed E-state index contributed by atoms with van der Waals surface area (Å²) in [6.07, 6.45) is 1.89. The summed E-state index contributed by atoms with van der Waals surface area (Å²) >= 11 is 1.43. The molecule has 1 aromatic heterocycles. The van der Waals surface area contributed by atoms with Crippen LogP contribution in [0.25, 0.3) is 5.69 Å². The first kappa shape index (κ1) is 18.0. The summed E-state index contributed by atoms with van der Waals surface area (Å²) in [5, 5.41) is 17.9. The van der Waals surface area contributed by atoms with E-state index >= 15 is 0 Å². The highest BCUT2D eigenvalue weighted by atomic mass is 32.2. The Morgan fingerprint density at radius 2 is 2.00 bits per heavy atom. The minimum absolute atomic E-state index is 0.156.